The minimum atomic E-state index is 0.798. The molecule has 1 aliphatic carbocycles. The molecule has 1 aliphatic rings. The van der Waals surface area contributed by atoms with Crippen LogP contribution < -0.4 is 4.74 Å². The van der Waals surface area contributed by atoms with Gasteiger partial charge in [0.25, 0.3) is 0 Å². The van der Waals surface area contributed by atoms with Gasteiger partial charge in [-0.15, -0.1) is 0 Å². The molecule has 0 aromatic carbocycles. The van der Waals surface area contributed by atoms with Crippen molar-refractivity contribution in [1.29, 1.82) is 0 Å². The molecule has 2 rings (SSSR count). The fourth-order valence-electron chi connectivity index (χ4n) is 1.49. The van der Waals surface area contributed by atoms with Gasteiger partial charge in [0, 0.05) is 11.8 Å². The van der Waals surface area contributed by atoms with Gasteiger partial charge in [-0.1, -0.05) is 19.4 Å². The van der Waals surface area contributed by atoms with E-state index in [-0.39, 0.29) is 0 Å². The first-order valence-electron chi connectivity index (χ1n) is 5.47. The molecule has 0 spiro atoms. The van der Waals surface area contributed by atoms with Crippen LogP contribution in [0.2, 0.25) is 0 Å². The van der Waals surface area contributed by atoms with E-state index in [4.69, 9.17) is 4.74 Å². The Hall–Kier alpha value is -1.05. The highest BCUT2D eigenvalue weighted by atomic mass is 16.5. The molecule has 14 heavy (non-hydrogen) atoms. The number of aryl methyl sites for hydroxylation is 1. The van der Waals surface area contributed by atoms with Crippen LogP contribution in [0.25, 0.3) is 0 Å². The fourth-order valence-corrected chi connectivity index (χ4v) is 1.49. The van der Waals surface area contributed by atoms with Gasteiger partial charge in [-0.2, -0.15) is 0 Å². The maximum Gasteiger partial charge on any atom is 0.216 e. The lowest BCUT2D eigenvalue weighted by atomic mass is 10.1. The Morgan fingerprint density at radius 1 is 1.50 bits per heavy atom. The van der Waals surface area contributed by atoms with Crippen molar-refractivity contribution in [2.45, 2.75) is 32.6 Å². The first-order valence-corrected chi connectivity index (χ1v) is 5.47. The van der Waals surface area contributed by atoms with Gasteiger partial charge in [0.2, 0.25) is 5.88 Å². The van der Waals surface area contributed by atoms with Crippen molar-refractivity contribution in [2.75, 3.05) is 6.61 Å². The summed E-state index contributed by atoms with van der Waals surface area (Å²) in [6.07, 6.45) is 6.67. The molecule has 0 N–H and O–H groups in total. The minimum Gasteiger partial charge on any atom is -0.477 e. The Morgan fingerprint density at radius 3 is 3.07 bits per heavy atom. The number of rotatable bonds is 5. The Balaban J connectivity index is 1.97. The Kier molecular flexibility index (Phi) is 3.02. The summed E-state index contributed by atoms with van der Waals surface area (Å²) in [5, 5.41) is 0. The van der Waals surface area contributed by atoms with Gasteiger partial charge in [-0.05, 0) is 31.2 Å². The van der Waals surface area contributed by atoms with Crippen LogP contribution in [-0.4, -0.2) is 11.6 Å². The number of hydrogen-bond acceptors (Lipinski definition) is 2. The van der Waals surface area contributed by atoms with Crippen LogP contribution in [0, 0.1) is 5.92 Å². The second-order valence-corrected chi connectivity index (χ2v) is 3.97. The van der Waals surface area contributed by atoms with E-state index in [1.165, 1.54) is 18.4 Å². The Labute approximate surface area is 85.3 Å². The van der Waals surface area contributed by atoms with Crippen molar-refractivity contribution >= 4 is 0 Å². The smallest absolute Gasteiger partial charge is 0.216 e. The molecule has 0 radical (unpaired) electrons. The highest BCUT2D eigenvalue weighted by Gasteiger charge is 2.22. The van der Waals surface area contributed by atoms with Crippen LogP contribution in [0.3, 0.4) is 0 Å². The van der Waals surface area contributed by atoms with E-state index in [9.17, 15) is 0 Å². The summed E-state index contributed by atoms with van der Waals surface area (Å²) in [5.41, 5.74) is 1.25. The predicted molar refractivity (Wildman–Crippen MR) is 56.5 cm³/mol. The van der Waals surface area contributed by atoms with E-state index in [0.717, 1.165) is 31.2 Å². The summed E-state index contributed by atoms with van der Waals surface area (Å²) in [7, 11) is 0. The molecular formula is C12H17NO. The predicted octanol–water partition coefficient (Wildman–Crippen LogP) is 2.82. The standard InChI is InChI=1S/C12H17NO/c1-2-4-11-5-3-8-13-12(11)14-9-10-6-7-10/h3,5,8,10H,2,4,6-7,9H2,1H3. The number of aromatic nitrogens is 1. The van der Waals surface area contributed by atoms with Crippen LogP contribution in [-0.2, 0) is 6.42 Å². The molecule has 1 aromatic rings. The van der Waals surface area contributed by atoms with Crippen LogP contribution in [0.1, 0.15) is 31.7 Å². The van der Waals surface area contributed by atoms with Gasteiger partial charge in [-0.25, -0.2) is 4.98 Å². The van der Waals surface area contributed by atoms with Gasteiger partial charge >= 0.3 is 0 Å². The van der Waals surface area contributed by atoms with Gasteiger partial charge in [0.1, 0.15) is 0 Å². The van der Waals surface area contributed by atoms with Crippen LogP contribution in [0.15, 0.2) is 18.3 Å². The van der Waals surface area contributed by atoms with E-state index in [2.05, 4.69) is 18.0 Å². The molecule has 0 unspecified atom stereocenters. The number of hydrogen-bond donors (Lipinski definition) is 0. The van der Waals surface area contributed by atoms with Gasteiger partial charge in [-0.3, -0.25) is 0 Å². The van der Waals surface area contributed by atoms with E-state index < -0.39 is 0 Å². The number of pyridine rings is 1. The minimum absolute atomic E-state index is 0.798. The highest BCUT2D eigenvalue weighted by Crippen LogP contribution is 2.29. The van der Waals surface area contributed by atoms with Gasteiger partial charge in [0.05, 0.1) is 6.61 Å². The normalized spacial score (nSPS) is 15.5. The van der Waals surface area contributed by atoms with E-state index in [0.29, 0.717) is 0 Å². The number of nitrogens with zero attached hydrogens (tertiary/aromatic N) is 1. The lowest BCUT2D eigenvalue weighted by molar-refractivity contribution is 0.285. The molecule has 0 aliphatic heterocycles. The van der Waals surface area contributed by atoms with Crippen LogP contribution >= 0.6 is 0 Å². The molecule has 1 heterocycles. The second kappa shape index (κ2) is 4.45. The van der Waals surface area contributed by atoms with Crippen LogP contribution in [0.5, 0.6) is 5.88 Å². The average molecular weight is 191 g/mol. The quantitative estimate of drug-likeness (QED) is 0.714. The highest BCUT2D eigenvalue weighted by molar-refractivity contribution is 5.25. The van der Waals surface area contributed by atoms with Crippen molar-refractivity contribution in [3.8, 4) is 5.88 Å². The summed E-state index contributed by atoms with van der Waals surface area (Å²) in [6, 6.07) is 4.09. The number of ether oxygens (including phenoxy) is 1. The molecule has 2 nitrogen and oxygen atoms in total. The molecule has 0 bridgehead atoms. The molecule has 2 heteroatoms. The third-order valence-electron chi connectivity index (χ3n) is 2.52. The maximum atomic E-state index is 5.70. The molecule has 0 saturated heterocycles. The van der Waals surface area contributed by atoms with Crippen molar-refractivity contribution in [2.24, 2.45) is 5.92 Å². The zero-order valence-corrected chi connectivity index (χ0v) is 8.70. The molecule has 0 amide bonds. The SMILES string of the molecule is CCCc1cccnc1OCC1CC1. The van der Waals surface area contributed by atoms with Crippen LogP contribution in [0.4, 0.5) is 0 Å². The van der Waals surface area contributed by atoms with E-state index >= 15 is 0 Å². The molecular weight excluding hydrogens is 174 g/mol. The van der Waals surface area contributed by atoms with Gasteiger partial charge < -0.3 is 4.74 Å². The second-order valence-electron chi connectivity index (χ2n) is 3.97. The Morgan fingerprint density at radius 2 is 2.36 bits per heavy atom. The molecule has 76 valence electrons. The van der Waals surface area contributed by atoms with Crippen molar-refractivity contribution in [3.05, 3.63) is 23.9 Å². The van der Waals surface area contributed by atoms with Crippen molar-refractivity contribution in [3.63, 3.8) is 0 Å². The largest absolute Gasteiger partial charge is 0.477 e. The molecule has 1 aromatic heterocycles. The summed E-state index contributed by atoms with van der Waals surface area (Å²) < 4.78 is 5.70. The van der Waals surface area contributed by atoms with Crippen molar-refractivity contribution < 1.29 is 4.74 Å². The zero-order valence-electron chi connectivity index (χ0n) is 8.70. The molecule has 1 fully saturated rings. The summed E-state index contributed by atoms with van der Waals surface area (Å²) in [4.78, 5) is 4.27. The first-order chi connectivity index (χ1) is 6.90. The first kappa shape index (κ1) is 9.50. The lowest BCUT2D eigenvalue weighted by Gasteiger charge is -2.08. The Bertz CT molecular complexity index is 294. The lowest BCUT2D eigenvalue weighted by Crippen LogP contribution is -2.03. The molecule has 1 saturated carbocycles. The third-order valence-corrected chi connectivity index (χ3v) is 2.52. The average Bonchev–Trinajstić information content (AvgIpc) is 3.01. The van der Waals surface area contributed by atoms with E-state index in [1.807, 2.05) is 6.07 Å². The zero-order chi connectivity index (χ0) is 9.80. The summed E-state index contributed by atoms with van der Waals surface area (Å²) >= 11 is 0. The maximum absolute atomic E-state index is 5.70. The molecule has 0 atom stereocenters. The topological polar surface area (TPSA) is 22.1 Å². The fraction of sp³-hybridized carbons (Fsp3) is 0.583. The third kappa shape index (κ3) is 2.47. The summed E-state index contributed by atoms with van der Waals surface area (Å²) in [5.74, 6) is 1.65. The summed E-state index contributed by atoms with van der Waals surface area (Å²) in [6.45, 7) is 3.03. The van der Waals surface area contributed by atoms with E-state index in [1.54, 1.807) is 6.20 Å². The van der Waals surface area contributed by atoms with Crippen molar-refractivity contribution in [1.82, 2.24) is 4.98 Å². The monoisotopic (exact) mass is 191 g/mol. The van der Waals surface area contributed by atoms with Gasteiger partial charge in [0.15, 0.2) is 0 Å².